The van der Waals surface area contributed by atoms with Gasteiger partial charge in [0.1, 0.15) is 0 Å². The molecule has 9 rings (SSSR count). The third-order valence-corrected chi connectivity index (χ3v) is 9.93. The van der Waals surface area contributed by atoms with E-state index in [0.29, 0.717) is 0 Å². The van der Waals surface area contributed by atoms with Gasteiger partial charge in [0.2, 0.25) is 0 Å². The van der Waals surface area contributed by atoms with Crippen LogP contribution in [0.2, 0.25) is 0 Å². The molecule has 0 amide bonds. The summed E-state index contributed by atoms with van der Waals surface area (Å²) in [5.74, 6) is -0.00876. The molecular weight excluding hydrogens is 609 g/mol. The molecule has 2 N–H and O–H groups in total. The minimum Gasteiger partial charge on any atom is -0.358 e. The molecule has 0 saturated carbocycles. The summed E-state index contributed by atoms with van der Waals surface area (Å²) in [6.07, 6.45) is 8.78. The topological polar surface area (TPSA) is 56.3 Å². The number of hydrogen-bond donors (Lipinski definition) is 2. The summed E-state index contributed by atoms with van der Waals surface area (Å²) in [6, 6.07) is 47.5. The van der Waals surface area contributed by atoms with Gasteiger partial charge in [0.15, 0.2) is 0 Å². The van der Waals surface area contributed by atoms with Gasteiger partial charge in [-0.05, 0) is 78.6 Å². The second-order valence-corrected chi connectivity index (χ2v) is 13.3. The standard InChI is InChI=1S/C46H36N4/c1-29-13-17-33(18-14-29)45-39-25-21-35(47-39)43(31-9-5-3-6-10-31)37-23-27-41(49-37)46(34-19-15-30(2)16-20-34)42-28-24-38(50-42)44(32-11-7-4-8-12-32)36-22-26-40(45)48-36/h3-28,35,43,48-49H,1-2H3. The van der Waals surface area contributed by atoms with Crippen LogP contribution < -0.4 is 10.7 Å². The van der Waals surface area contributed by atoms with Crippen molar-refractivity contribution in [1.29, 1.82) is 0 Å². The first-order valence-corrected chi connectivity index (χ1v) is 17.2. The summed E-state index contributed by atoms with van der Waals surface area (Å²) in [7, 11) is 0. The molecule has 3 aliphatic rings. The highest BCUT2D eigenvalue weighted by molar-refractivity contribution is 6.31. The van der Waals surface area contributed by atoms with E-state index in [1.165, 1.54) is 16.7 Å². The second kappa shape index (κ2) is 12.3. The molecule has 4 nitrogen and oxygen atoms in total. The van der Waals surface area contributed by atoms with Crippen molar-refractivity contribution in [2.45, 2.75) is 25.8 Å². The Morgan fingerprint density at radius 3 is 1.78 bits per heavy atom. The van der Waals surface area contributed by atoms with Gasteiger partial charge in [-0.3, -0.25) is 4.99 Å². The van der Waals surface area contributed by atoms with Crippen molar-refractivity contribution in [2.24, 2.45) is 9.98 Å². The van der Waals surface area contributed by atoms with Gasteiger partial charge >= 0.3 is 0 Å². The minimum atomic E-state index is -0.0976. The zero-order chi connectivity index (χ0) is 33.6. The van der Waals surface area contributed by atoms with Gasteiger partial charge in [-0.15, -0.1) is 0 Å². The van der Waals surface area contributed by atoms with Gasteiger partial charge in [-0.2, -0.15) is 0 Å². The Morgan fingerprint density at radius 2 is 1.10 bits per heavy atom. The molecule has 0 saturated heterocycles. The van der Waals surface area contributed by atoms with Crippen molar-refractivity contribution < 1.29 is 0 Å². The zero-order valence-electron chi connectivity index (χ0n) is 28.1. The fourth-order valence-electron chi connectivity index (χ4n) is 7.43. The Morgan fingerprint density at radius 1 is 0.500 bits per heavy atom. The first-order chi connectivity index (χ1) is 24.6. The number of rotatable bonds is 4. The van der Waals surface area contributed by atoms with Gasteiger partial charge in [-0.1, -0.05) is 126 Å². The molecule has 0 fully saturated rings. The third kappa shape index (κ3) is 5.36. The van der Waals surface area contributed by atoms with Crippen molar-refractivity contribution in [3.8, 4) is 0 Å². The van der Waals surface area contributed by atoms with E-state index in [-0.39, 0.29) is 12.0 Å². The van der Waals surface area contributed by atoms with Crippen LogP contribution in [0.15, 0.2) is 173 Å². The Bertz CT molecular complexity index is 2520. The number of H-pyrrole nitrogens is 2. The predicted molar refractivity (Wildman–Crippen MR) is 206 cm³/mol. The summed E-state index contributed by atoms with van der Waals surface area (Å²) in [5.41, 5.74) is 15.2. The largest absolute Gasteiger partial charge is 0.358 e. The number of benzene rings is 4. The molecule has 2 unspecified atom stereocenters. The summed E-state index contributed by atoms with van der Waals surface area (Å²) >= 11 is 0. The normalized spacial score (nSPS) is 18.1. The summed E-state index contributed by atoms with van der Waals surface area (Å²) in [5, 5.41) is 2.03. The molecule has 0 spiro atoms. The first kappa shape index (κ1) is 29.8. The third-order valence-electron chi connectivity index (χ3n) is 9.93. The van der Waals surface area contributed by atoms with Gasteiger partial charge in [0.25, 0.3) is 0 Å². The monoisotopic (exact) mass is 644 g/mol. The maximum Gasteiger partial charge on any atom is 0.0814 e. The molecule has 2 atom stereocenters. The highest BCUT2D eigenvalue weighted by Gasteiger charge is 2.29. The van der Waals surface area contributed by atoms with Crippen molar-refractivity contribution >= 4 is 28.1 Å². The van der Waals surface area contributed by atoms with Gasteiger partial charge < -0.3 is 9.97 Å². The number of hydrogen-bond acceptors (Lipinski definition) is 2. The molecule has 6 aromatic rings. The summed E-state index contributed by atoms with van der Waals surface area (Å²) in [4.78, 5) is 18.6. The molecule has 240 valence electrons. The van der Waals surface area contributed by atoms with E-state index < -0.39 is 0 Å². The van der Waals surface area contributed by atoms with E-state index in [1.54, 1.807) is 0 Å². The van der Waals surface area contributed by atoms with Crippen molar-refractivity contribution in [3.05, 3.63) is 219 Å². The predicted octanol–water partition coefficient (Wildman–Crippen LogP) is 8.35. The SMILES string of the molecule is Cc1ccc(C2=C3C=CC(=N3)C(c3ccccc3)=c3ccc([nH]3)=C(c3ccc(C)cc3)C3=NC(C=C3)C(c3ccccc3)c3ccc2[nH]3)cc1. The Hall–Kier alpha value is -6.26. The lowest BCUT2D eigenvalue weighted by Crippen LogP contribution is -2.21. The van der Waals surface area contributed by atoms with E-state index in [2.05, 4.69) is 182 Å². The number of aliphatic imine (C=N–C) groups is 2. The lowest BCUT2D eigenvalue weighted by Gasteiger charge is -2.21. The zero-order valence-corrected chi connectivity index (χ0v) is 28.1. The van der Waals surface area contributed by atoms with Gasteiger partial charge in [0, 0.05) is 38.8 Å². The van der Waals surface area contributed by atoms with Crippen molar-refractivity contribution in [3.63, 3.8) is 0 Å². The number of aryl methyl sites for hydroxylation is 2. The van der Waals surface area contributed by atoms with Crippen LogP contribution in [-0.4, -0.2) is 27.4 Å². The fraction of sp³-hybridized carbons (Fsp3) is 0.0870. The maximum atomic E-state index is 5.50. The minimum absolute atomic E-state index is 0.00876. The van der Waals surface area contributed by atoms with E-state index in [9.17, 15) is 0 Å². The Balaban J connectivity index is 1.38. The fourth-order valence-corrected chi connectivity index (χ4v) is 7.43. The molecule has 0 radical (unpaired) electrons. The number of aromatic amines is 2. The quantitative estimate of drug-likeness (QED) is 0.194. The average molecular weight is 645 g/mol. The number of nitrogens with zero attached hydrogens (tertiary/aromatic N) is 2. The van der Waals surface area contributed by atoms with Crippen molar-refractivity contribution in [2.75, 3.05) is 0 Å². The van der Waals surface area contributed by atoms with Crippen LogP contribution in [-0.2, 0) is 0 Å². The van der Waals surface area contributed by atoms with Crippen molar-refractivity contribution in [1.82, 2.24) is 9.97 Å². The lowest BCUT2D eigenvalue weighted by molar-refractivity contribution is 0.695. The van der Waals surface area contributed by atoms with E-state index in [0.717, 1.165) is 72.6 Å². The maximum absolute atomic E-state index is 5.50. The molecule has 4 heteroatoms. The molecule has 8 bridgehead atoms. The van der Waals surface area contributed by atoms with Gasteiger partial charge in [0.05, 0.1) is 29.1 Å². The Kier molecular flexibility index (Phi) is 7.35. The highest BCUT2D eigenvalue weighted by Crippen LogP contribution is 2.37. The number of aromatic nitrogens is 2. The molecular formula is C46H36N4. The smallest absolute Gasteiger partial charge is 0.0814 e. The molecule has 5 heterocycles. The van der Waals surface area contributed by atoms with Crippen LogP contribution in [0, 0.1) is 13.8 Å². The van der Waals surface area contributed by atoms with E-state index in [4.69, 9.17) is 9.98 Å². The number of allylic oxidation sites excluding steroid dienone is 3. The van der Waals surface area contributed by atoms with Crippen LogP contribution in [0.3, 0.4) is 0 Å². The first-order valence-electron chi connectivity index (χ1n) is 17.2. The second-order valence-electron chi connectivity index (χ2n) is 13.3. The number of nitrogens with one attached hydrogen (secondary N) is 2. The summed E-state index contributed by atoms with van der Waals surface area (Å²) in [6.45, 7) is 4.25. The van der Waals surface area contributed by atoms with Crippen LogP contribution in [0.4, 0.5) is 0 Å². The molecule has 4 aromatic carbocycles. The number of fused-ring (bicyclic) bond motifs is 6. The Labute approximate surface area is 292 Å². The van der Waals surface area contributed by atoms with Crippen LogP contribution in [0.25, 0.3) is 16.7 Å². The molecule has 50 heavy (non-hydrogen) atoms. The van der Waals surface area contributed by atoms with E-state index >= 15 is 0 Å². The lowest BCUT2D eigenvalue weighted by atomic mass is 9.89. The molecule has 3 aliphatic heterocycles. The summed E-state index contributed by atoms with van der Waals surface area (Å²) < 4.78 is 0. The van der Waals surface area contributed by atoms with Crippen LogP contribution >= 0.6 is 0 Å². The molecule has 2 aromatic heterocycles. The van der Waals surface area contributed by atoms with Crippen LogP contribution in [0.1, 0.15) is 50.7 Å². The van der Waals surface area contributed by atoms with Gasteiger partial charge in [-0.25, -0.2) is 4.99 Å². The van der Waals surface area contributed by atoms with E-state index in [1.807, 2.05) is 0 Å². The molecule has 0 aliphatic carbocycles. The average Bonchev–Trinajstić information content (AvgIpc) is 3.98. The highest BCUT2D eigenvalue weighted by atomic mass is 14.9. The van der Waals surface area contributed by atoms with Crippen LogP contribution in [0.5, 0.6) is 0 Å².